The minimum atomic E-state index is 0.772. The van der Waals surface area contributed by atoms with E-state index in [0.717, 1.165) is 5.02 Å². The van der Waals surface area contributed by atoms with Crippen LogP contribution in [0.15, 0.2) is 58.5 Å². The first-order valence-electron chi connectivity index (χ1n) is 5.73. The highest BCUT2D eigenvalue weighted by Gasteiger charge is 2.05. The lowest BCUT2D eigenvalue weighted by molar-refractivity contribution is 1.39. The molecule has 3 heteroatoms. The molecule has 0 spiro atoms. The zero-order valence-electron chi connectivity index (χ0n) is 9.91. The number of H-pyrrole nitrogens is 1. The van der Waals surface area contributed by atoms with Gasteiger partial charge >= 0.3 is 0 Å². The van der Waals surface area contributed by atoms with E-state index in [-0.39, 0.29) is 0 Å². The predicted octanol–water partition coefficient (Wildman–Crippen LogP) is 5.28. The number of aryl methyl sites for hydroxylation is 1. The van der Waals surface area contributed by atoms with Gasteiger partial charge in [0.2, 0.25) is 0 Å². The van der Waals surface area contributed by atoms with Crippen LogP contribution in [0.1, 0.15) is 5.56 Å². The number of nitrogens with one attached hydrogen (secondary N) is 1. The van der Waals surface area contributed by atoms with E-state index in [1.54, 1.807) is 11.8 Å². The summed E-state index contributed by atoms with van der Waals surface area (Å²) in [6.07, 6.45) is 2.06. The van der Waals surface area contributed by atoms with E-state index in [1.807, 2.05) is 24.3 Å². The molecule has 0 fully saturated rings. The SMILES string of the molecule is Cc1ccc2[nH]cc(Sc3ccc(Cl)cc3)c2c1. The van der Waals surface area contributed by atoms with Crippen molar-refractivity contribution in [1.29, 1.82) is 0 Å². The number of benzene rings is 2. The van der Waals surface area contributed by atoms with Gasteiger partial charge < -0.3 is 4.98 Å². The molecule has 3 aromatic rings. The molecule has 0 aliphatic carbocycles. The molecule has 0 atom stereocenters. The van der Waals surface area contributed by atoms with Crippen molar-refractivity contribution in [3.63, 3.8) is 0 Å². The fraction of sp³-hybridized carbons (Fsp3) is 0.0667. The molecule has 0 radical (unpaired) electrons. The Morgan fingerprint density at radius 2 is 1.83 bits per heavy atom. The van der Waals surface area contributed by atoms with E-state index >= 15 is 0 Å². The zero-order valence-corrected chi connectivity index (χ0v) is 11.5. The summed E-state index contributed by atoms with van der Waals surface area (Å²) in [5, 5.41) is 2.05. The van der Waals surface area contributed by atoms with Gasteiger partial charge in [0.05, 0.1) is 0 Å². The lowest BCUT2D eigenvalue weighted by Gasteiger charge is -2.01. The van der Waals surface area contributed by atoms with Gasteiger partial charge in [-0.3, -0.25) is 0 Å². The zero-order chi connectivity index (χ0) is 12.5. The van der Waals surface area contributed by atoms with Gasteiger partial charge in [-0.1, -0.05) is 35.0 Å². The quantitative estimate of drug-likeness (QED) is 0.671. The van der Waals surface area contributed by atoms with E-state index in [9.17, 15) is 0 Å². The smallest absolute Gasteiger partial charge is 0.0465 e. The first kappa shape index (κ1) is 11.7. The Kier molecular flexibility index (Phi) is 3.06. The summed E-state index contributed by atoms with van der Waals surface area (Å²) < 4.78 is 0. The van der Waals surface area contributed by atoms with Crippen LogP contribution in [0.3, 0.4) is 0 Å². The van der Waals surface area contributed by atoms with Gasteiger partial charge in [-0.15, -0.1) is 0 Å². The number of hydrogen-bond acceptors (Lipinski definition) is 1. The van der Waals surface area contributed by atoms with Gasteiger partial charge in [-0.05, 0) is 43.3 Å². The molecule has 0 amide bonds. The maximum Gasteiger partial charge on any atom is 0.0465 e. The van der Waals surface area contributed by atoms with Crippen molar-refractivity contribution < 1.29 is 0 Å². The summed E-state index contributed by atoms with van der Waals surface area (Å²) in [6, 6.07) is 14.4. The van der Waals surface area contributed by atoms with Gasteiger partial charge in [0.15, 0.2) is 0 Å². The van der Waals surface area contributed by atoms with Gasteiger partial charge in [-0.2, -0.15) is 0 Å². The average molecular weight is 274 g/mol. The lowest BCUT2D eigenvalue weighted by Crippen LogP contribution is -1.74. The Labute approximate surface area is 115 Å². The van der Waals surface area contributed by atoms with Gasteiger partial charge in [-0.25, -0.2) is 0 Å². The largest absolute Gasteiger partial charge is 0.360 e. The summed E-state index contributed by atoms with van der Waals surface area (Å²) in [5.74, 6) is 0. The minimum absolute atomic E-state index is 0.772. The third-order valence-electron chi connectivity index (χ3n) is 2.84. The molecule has 90 valence electrons. The lowest BCUT2D eigenvalue weighted by atomic mass is 10.2. The molecule has 0 unspecified atom stereocenters. The second-order valence-corrected chi connectivity index (χ2v) is 5.81. The predicted molar refractivity (Wildman–Crippen MR) is 78.6 cm³/mol. The molecule has 1 N–H and O–H groups in total. The third-order valence-corrected chi connectivity index (χ3v) is 4.16. The van der Waals surface area contributed by atoms with Crippen LogP contribution in [0, 0.1) is 6.92 Å². The van der Waals surface area contributed by atoms with E-state index in [1.165, 1.54) is 26.3 Å². The molecule has 3 rings (SSSR count). The Balaban J connectivity index is 1.99. The van der Waals surface area contributed by atoms with E-state index in [0.29, 0.717) is 0 Å². The molecular weight excluding hydrogens is 262 g/mol. The summed E-state index contributed by atoms with van der Waals surface area (Å²) in [6.45, 7) is 2.11. The second-order valence-electron chi connectivity index (χ2n) is 4.26. The van der Waals surface area contributed by atoms with Crippen molar-refractivity contribution in [3.8, 4) is 0 Å². The number of aromatic nitrogens is 1. The Morgan fingerprint density at radius 3 is 2.61 bits per heavy atom. The molecule has 1 nitrogen and oxygen atoms in total. The van der Waals surface area contributed by atoms with E-state index in [2.05, 4.69) is 36.3 Å². The van der Waals surface area contributed by atoms with Crippen molar-refractivity contribution in [2.75, 3.05) is 0 Å². The number of aromatic amines is 1. The first-order chi connectivity index (χ1) is 8.72. The molecule has 1 aromatic heterocycles. The van der Waals surface area contributed by atoms with Crippen molar-refractivity contribution >= 4 is 34.3 Å². The highest BCUT2D eigenvalue weighted by atomic mass is 35.5. The highest BCUT2D eigenvalue weighted by Crippen LogP contribution is 2.34. The normalized spacial score (nSPS) is 11.0. The van der Waals surface area contributed by atoms with Crippen molar-refractivity contribution in [1.82, 2.24) is 4.98 Å². The second kappa shape index (κ2) is 4.71. The standard InChI is InChI=1S/C15H12ClNS/c1-10-2-7-14-13(8-10)15(9-17-14)18-12-5-3-11(16)4-6-12/h2-9,17H,1H3. The van der Waals surface area contributed by atoms with Crippen LogP contribution in [-0.4, -0.2) is 4.98 Å². The van der Waals surface area contributed by atoms with Gasteiger partial charge in [0.25, 0.3) is 0 Å². The highest BCUT2D eigenvalue weighted by molar-refractivity contribution is 7.99. The molecule has 0 saturated carbocycles. The van der Waals surface area contributed by atoms with Crippen LogP contribution in [-0.2, 0) is 0 Å². The van der Waals surface area contributed by atoms with Crippen molar-refractivity contribution in [2.24, 2.45) is 0 Å². The topological polar surface area (TPSA) is 15.8 Å². The molecule has 2 aromatic carbocycles. The molecule has 0 aliphatic rings. The fourth-order valence-corrected chi connectivity index (χ4v) is 2.97. The Hall–Kier alpha value is -1.38. The van der Waals surface area contributed by atoms with Crippen LogP contribution in [0.25, 0.3) is 10.9 Å². The maximum atomic E-state index is 5.89. The molecule has 18 heavy (non-hydrogen) atoms. The number of hydrogen-bond donors (Lipinski definition) is 1. The molecular formula is C15H12ClNS. The van der Waals surface area contributed by atoms with Crippen LogP contribution in [0.5, 0.6) is 0 Å². The van der Waals surface area contributed by atoms with Crippen LogP contribution < -0.4 is 0 Å². The minimum Gasteiger partial charge on any atom is -0.360 e. The number of halogens is 1. The maximum absolute atomic E-state index is 5.89. The van der Waals surface area contributed by atoms with E-state index in [4.69, 9.17) is 11.6 Å². The van der Waals surface area contributed by atoms with Gasteiger partial charge in [0, 0.05) is 31.9 Å². The molecule has 0 bridgehead atoms. The van der Waals surface area contributed by atoms with E-state index < -0.39 is 0 Å². The Morgan fingerprint density at radius 1 is 1.06 bits per heavy atom. The van der Waals surface area contributed by atoms with Crippen molar-refractivity contribution in [2.45, 2.75) is 16.7 Å². The van der Waals surface area contributed by atoms with Crippen LogP contribution >= 0.6 is 23.4 Å². The summed E-state index contributed by atoms with van der Waals surface area (Å²) in [7, 11) is 0. The molecule has 1 heterocycles. The average Bonchev–Trinajstić information content (AvgIpc) is 2.75. The van der Waals surface area contributed by atoms with Crippen LogP contribution in [0.2, 0.25) is 5.02 Å². The monoisotopic (exact) mass is 273 g/mol. The van der Waals surface area contributed by atoms with Crippen molar-refractivity contribution in [3.05, 3.63) is 59.2 Å². The number of fused-ring (bicyclic) bond motifs is 1. The first-order valence-corrected chi connectivity index (χ1v) is 6.93. The number of rotatable bonds is 2. The van der Waals surface area contributed by atoms with Gasteiger partial charge in [0.1, 0.15) is 0 Å². The Bertz CT molecular complexity index is 685. The summed E-state index contributed by atoms with van der Waals surface area (Å²) in [4.78, 5) is 5.74. The molecule has 0 aliphatic heterocycles. The summed E-state index contributed by atoms with van der Waals surface area (Å²) >= 11 is 7.65. The van der Waals surface area contributed by atoms with Crippen LogP contribution in [0.4, 0.5) is 0 Å². The molecule has 0 saturated heterocycles. The third kappa shape index (κ3) is 2.26. The summed E-state index contributed by atoms with van der Waals surface area (Å²) in [5.41, 5.74) is 2.46. The fourth-order valence-electron chi connectivity index (χ4n) is 1.92.